The third-order valence-corrected chi connectivity index (χ3v) is 9.28. The van der Waals surface area contributed by atoms with Gasteiger partial charge in [-0.05, 0) is 85.6 Å². The lowest BCUT2D eigenvalue weighted by molar-refractivity contribution is -0.122. The number of carbonyl (C=O) groups excluding carboxylic acids is 2. The molecule has 200 valence electrons. The first-order valence-corrected chi connectivity index (χ1v) is 13.9. The maximum atomic E-state index is 12.9. The van der Waals surface area contributed by atoms with Crippen molar-refractivity contribution in [2.45, 2.75) is 91.5 Å². The summed E-state index contributed by atoms with van der Waals surface area (Å²) in [6.07, 6.45) is 5.29. The highest BCUT2D eigenvalue weighted by atomic mass is 79.9. The molecule has 0 unspecified atom stereocenters. The van der Waals surface area contributed by atoms with Crippen LogP contribution in [0.25, 0.3) is 0 Å². The molecule has 1 aromatic heterocycles. The average molecular weight is 567 g/mol. The number of anilines is 1. The Balaban J connectivity index is 1.32. The number of aromatic nitrogens is 2. The molecule has 2 amide bonds. The van der Waals surface area contributed by atoms with Crippen LogP contribution >= 0.6 is 15.9 Å². The van der Waals surface area contributed by atoms with Crippen LogP contribution in [0.3, 0.4) is 0 Å². The quantitative estimate of drug-likeness (QED) is 0.540. The van der Waals surface area contributed by atoms with E-state index in [-0.39, 0.29) is 30.1 Å². The van der Waals surface area contributed by atoms with Gasteiger partial charge in [-0.15, -0.1) is 0 Å². The molecule has 2 heterocycles. The molecular weight excluding hydrogens is 526 g/mol. The van der Waals surface area contributed by atoms with Crippen molar-refractivity contribution in [3.8, 4) is 0 Å². The predicted octanol–water partition coefficient (Wildman–Crippen LogP) is 4.00. The van der Waals surface area contributed by atoms with Crippen LogP contribution in [0.4, 0.5) is 10.5 Å². The van der Waals surface area contributed by atoms with Crippen LogP contribution in [-0.2, 0) is 16.1 Å². The molecule has 1 aromatic rings. The lowest BCUT2D eigenvalue weighted by Crippen LogP contribution is -2.58. The molecule has 4 fully saturated rings. The van der Waals surface area contributed by atoms with Crippen LogP contribution in [0.2, 0.25) is 0 Å². The molecule has 4 aliphatic rings. The van der Waals surface area contributed by atoms with E-state index < -0.39 is 5.60 Å². The summed E-state index contributed by atoms with van der Waals surface area (Å²) >= 11 is 3.43. The highest BCUT2D eigenvalue weighted by Gasteiger charge is 2.56. The van der Waals surface area contributed by atoms with Gasteiger partial charge in [0, 0.05) is 19.1 Å². The van der Waals surface area contributed by atoms with Gasteiger partial charge < -0.3 is 20.3 Å². The summed E-state index contributed by atoms with van der Waals surface area (Å²) in [6, 6.07) is 0.179. The number of carbonyl (C=O) groups is 2. The molecule has 36 heavy (non-hydrogen) atoms. The van der Waals surface area contributed by atoms with Crippen molar-refractivity contribution in [1.82, 2.24) is 20.0 Å². The molecule has 3 aliphatic carbocycles. The molecule has 5 atom stereocenters. The first kappa shape index (κ1) is 26.9. The van der Waals surface area contributed by atoms with Gasteiger partial charge in [0.15, 0.2) is 0 Å². The minimum absolute atomic E-state index is 0.125. The second kappa shape index (κ2) is 9.99. The first-order chi connectivity index (χ1) is 16.8. The number of halogens is 1. The number of likely N-dealkylation sites (tertiary alicyclic amines) is 1. The zero-order valence-electron chi connectivity index (χ0n) is 22.3. The Kier molecular flexibility index (Phi) is 7.48. The normalized spacial score (nSPS) is 28.9. The van der Waals surface area contributed by atoms with Crippen LogP contribution in [0.5, 0.6) is 0 Å². The van der Waals surface area contributed by atoms with Gasteiger partial charge in [0.2, 0.25) is 5.91 Å². The number of hydrogen-bond donors (Lipinski definition) is 2. The molecule has 2 N–H and O–H groups in total. The summed E-state index contributed by atoms with van der Waals surface area (Å²) in [4.78, 5) is 39.7. The third kappa shape index (κ3) is 5.43. The average Bonchev–Trinajstić information content (AvgIpc) is 3.26. The van der Waals surface area contributed by atoms with E-state index in [9.17, 15) is 14.4 Å². The lowest BCUT2D eigenvalue weighted by Gasteiger charge is -2.62. The van der Waals surface area contributed by atoms with E-state index in [0.29, 0.717) is 52.5 Å². The van der Waals surface area contributed by atoms with Gasteiger partial charge in [0.05, 0.1) is 17.9 Å². The molecule has 10 heteroatoms. The van der Waals surface area contributed by atoms with Gasteiger partial charge >= 0.3 is 6.09 Å². The monoisotopic (exact) mass is 565 g/mol. The van der Waals surface area contributed by atoms with Crippen LogP contribution in [0.15, 0.2) is 15.5 Å². The van der Waals surface area contributed by atoms with Gasteiger partial charge in [-0.25, -0.2) is 9.48 Å². The van der Waals surface area contributed by atoms with E-state index in [0.717, 1.165) is 23.9 Å². The fraction of sp³-hybridized carbons (Fsp3) is 0.769. The number of ether oxygens (including phenoxy) is 1. The SMILES string of the molecule is C[C@H]1[C@H](Nc2cnn(CC(=O)NC[C@H]3CCCN3C(=O)OC(C)(C)C)c(=O)c2Br)C[C@H]2C[C@@H]1C2(C)C. The van der Waals surface area contributed by atoms with E-state index in [4.69, 9.17) is 4.74 Å². The minimum atomic E-state index is -0.569. The minimum Gasteiger partial charge on any atom is -0.444 e. The summed E-state index contributed by atoms with van der Waals surface area (Å²) in [6.45, 7) is 13.3. The highest BCUT2D eigenvalue weighted by Crippen LogP contribution is 2.61. The molecule has 0 aromatic carbocycles. The number of amides is 2. The summed E-state index contributed by atoms with van der Waals surface area (Å²) in [7, 11) is 0. The molecule has 3 saturated carbocycles. The molecular formula is C26H40BrN5O4. The Morgan fingerprint density at radius 2 is 2.00 bits per heavy atom. The van der Waals surface area contributed by atoms with Crippen LogP contribution in [0, 0.1) is 23.2 Å². The Morgan fingerprint density at radius 1 is 1.28 bits per heavy atom. The fourth-order valence-electron chi connectivity index (χ4n) is 6.25. The Bertz CT molecular complexity index is 1070. The molecule has 1 saturated heterocycles. The third-order valence-electron chi connectivity index (χ3n) is 8.51. The molecule has 0 spiro atoms. The lowest BCUT2D eigenvalue weighted by atomic mass is 9.45. The number of rotatable bonds is 6. The number of nitrogens with one attached hydrogen (secondary N) is 2. The maximum absolute atomic E-state index is 12.9. The highest BCUT2D eigenvalue weighted by molar-refractivity contribution is 9.10. The van der Waals surface area contributed by atoms with Crippen LogP contribution < -0.4 is 16.2 Å². The molecule has 9 nitrogen and oxygen atoms in total. The number of nitrogens with zero attached hydrogens (tertiary/aromatic N) is 3. The molecule has 0 radical (unpaired) electrons. The molecule has 1 aliphatic heterocycles. The fourth-order valence-corrected chi connectivity index (χ4v) is 6.67. The van der Waals surface area contributed by atoms with Gasteiger partial charge in [-0.3, -0.25) is 9.59 Å². The zero-order chi connectivity index (χ0) is 26.4. The largest absolute Gasteiger partial charge is 0.444 e. The van der Waals surface area contributed by atoms with E-state index in [1.165, 1.54) is 6.42 Å². The molecule has 2 bridgehead atoms. The van der Waals surface area contributed by atoms with E-state index in [1.807, 2.05) is 20.8 Å². The van der Waals surface area contributed by atoms with Crippen molar-refractivity contribution in [3.63, 3.8) is 0 Å². The van der Waals surface area contributed by atoms with E-state index in [1.54, 1.807) is 11.1 Å². The van der Waals surface area contributed by atoms with Crippen molar-refractivity contribution in [2.24, 2.45) is 23.2 Å². The van der Waals surface area contributed by atoms with Gasteiger partial charge in [-0.1, -0.05) is 20.8 Å². The Labute approximate surface area is 221 Å². The van der Waals surface area contributed by atoms with E-state index >= 15 is 0 Å². The predicted molar refractivity (Wildman–Crippen MR) is 142 cm³/mol. The van der Waals surface area contributed by atoms with Crippen molar-refractivity contribution < 1.29 is 14.3 Å². The van der Waals surface area contributed by atoms with Crippen molar-refractivity contribution in [1.29, 1.82) is 0 Å². The number of hydrogen-bond acceptors (Lipinski definition) is 6. The molecule has 5 rings (SSSR count). The van der Waals surface area contributed by atoms with Crippen molar-refractivity contribution >= 4 is 33.6 Å². The van der Waals surface area contributed by atoms with Crippen LogP contribution in [0.1, 0.15) is 67.2 Å². The second-order valence-electron chi connectivity index (χ2n) is 12.3. The maximum Gasteiger partial charge on any atom is 0.410 e. The van der Waals surface area contributed by atoms with Crippen LogP contribution in [-0.4, -0.2) is 57.5 Å². The zero-order valence-corrected chi connectivity index (χ0v) is 23.9. The Morgan fingerprint density at radius 3 is 2.64 bits per heavy atom. The summed E-state index contributed by atoms with van der Waals surface area (Å²) < 4.78 is 7.04. The first-order valence-electron chi connectivity index (χ1n) is 13.1. The van der Waals surface area contributed by atoms with E-state index in [2.05, 4.69) is 52.4 Å². The smallest absolute Gasteiger partial charge is 0.410 e. The summed E-state index contributed by atoms with van der Waals surface area (Å²) in [5.41, 5.74) is 0.152. The number of fused-ring (bicyclic) bond motifs is 2. The van der Waals surface area contributed by atoms with Gasteiger partial charge in [0.25, 0.3) is 5.56 Å². The van der Waals surface area contributed by atoms with Gasteiger partial charge in [0.1, 0.15) is 16.6 Å². The Hall–Kier alpha value is -2.10. The van der Waals surface area contributed by atoms with Crippen molar-refractivity contribution in [3.05, 3.63) is 21.0 Å². The second-order valence-corrected chi connectivity index (χ2v) is 13.1. The standard InChI is InChI=1S/C26H40BrN5O4/c1-15-18-10-16(26(18,5)6)11-19(15)30-20-13-29-32(23(34)22(20)27)14-21(33)28-12-17-8-7-9-31(17)24(35)36-25(2,3)4/h13,15-19,30H,7-12,14H2,1-6H3,(H,28,33)/t15-,16-,17-,18+,19-/m1/s1. The summed E-state index contributed by atoms with van der Waals surface area (Å²) in [5, 5.41) is 10.6. The topological polar surface area (TPSA) is 106 Å². The van der Waals surface area contributed by atoms with Gasteiger partial charge in [-0.2, -0.15) is 5.10 Å². The summed E-state index contributed by atoms with van der Waals surface area (Å²) in [5.74, 6) is 1.59. The van der Waals surface area contributed by atoms with Crippen molar-refractivity contribution in [2.75, 3.05) is 18.4 Å².